The molecule has 0 amide bonds. The van der Waals surface area contributed by atoms with E-state index in [-0.39, 0.29) is 5.97 Å². The second-order valence-corrected chi connectivity index (χ2v) is 5.28. The Morgan fingerprint density at radius 1 is 1.44 bits per heavy atom. The third-order valence-corrected chi connectivity index (χ3v) is 3.24. The topological polar surface area (TPSA) is 26.3 Å². The fraction of sp³-hybridized carbons (Fsp3) is 0.462. The standard InChI is InChI=1S/C13H18O2S/c1-13(2,12(14)15-3)9-10-6-5-7-11(8-10)16-4/h5-8H,9H2,1-4H3. The lowest BCUT2D eigenvalue weighted by Gasteiger charge is -2.21. The number of benzene rings is 1. The minimum atomic E-state index is -0.466. The molecule has 0 bridgehead atoms. The maximum atomic E-state index is 11.6. The van der Waals surface area contributed by atoms with Crippen molar-refractivity contribution in [2.24, 2.45) is 5.41 Å². The van der Waals surface area contributed by atoms with Gasteiger partial charge in [0.2, 0.25) is 0 Å². The lowest BCUT2D eigenvalue weighted by atomic mass is 9.86. The first kappa shape index (κ1) is 13.1. The van der Waals surface area contributed by atoms with Gasteiger partial charge in [-0.2, -0.15) is 0 Å². The van der Waals surface area contributed by atoms with Crippen molar-refractivity contribution in [1.82, 2.24) is 0 Å². The maximum absolute atomic E-state index is 11.6. The van der Waals surface area contributed by atoms with Crippen molar-refractivity contribution >= 4 is 17.7 Å². The number of methoxy groups -OCH3 is 1. The Balaban J connectivity index is 2.83. The molecule has 2 nitrogen and oxygen atoms in total. The van der Waals surface area contributed by atoms with E-state index in [0.29, 0.717) is 6.42 Å². The fourth-order valence-electron chi connectivity index (χ4n) is 1.64. The molecule has 0 heterocycles. The smallest absolute Gasteiger partial charge is 0.311 e. The van der Waals surface area contributed by atoms with Crippen LogP contribution in [0.2, 0.25) is 0 Å². The van der Waals surface area contributed by atoms with Gasteiger partial charge in [-0.1, -0.05) is 12.1 Å². The van der Waals surface area contributed by atoms with Crippen molar-refractivity contribution < 1.29 is 9.53 Å². The van der Waals surface area contributed by atoms with Crippen LogP contribution in [0.1, 0.15) is 19.4 Å². The molecule has 3 heteroatoms. The van der Waals surface area contributed by atoms with Crippen LogP contribution in [0.4, 0.5) is 0 Å². The van der Waals surface area contributed by atoms with E-state index >= 15 is 0 Å². The van der Waals surface area contributed by atoms with Crippen molar-refractivity contribution in [3.8, 4) is 0 Å². The molecule has 1 aromatic carbocycles. The Morgan fingerprint density at radius 3 is 2.69 bits per heavy atom. The number of carbonyl (C=O) groups is 1. The van der Waals surface area contributed by atoms with Crippen molar-refractivity contribution in [3.63, 3.8) is 0 Å². The summed E-state index contributed by atoms with van der Waals surface area (Å²) in [6, 6.07) is 8.26. The van der Waals surface area contributed by atoms with Crippen LogP contribution in [0.5, 0.6) is 0 Å². The highest BCUT2D eigenvalue weighted by molar-refractivity contribution is 7.98. The van der Waals surface area contributed by atoms with Crippen molar-refractivity contribution in [3.05, 3.63) is 29.8 Å². The predicted octanol–water partition coefficient (Wildman–Crippen LogP) is 3.15. The predicted molar refractivity (Wildman–Crippen MR) is 67.7 cm³/mol. The van der Waals surface area contributed by atoms with E-state index in [1.807, 2.05) is 32.2 Å². The van der Waals surface area contributed by atoms with Crippen LogP contribution in [0.3, 0.4) is 0 Å². The first-order valence-electron chi connectivity index (χ1n) is 5.21. The highest BCUT2D eigenvalue weighted by atomic mass is 32.2. The summed E-state index contributed by atoms with van der Waals surface area (Å²) in [6.07, 6.45) is 2.75. The Kier molecular flexibility index (Phi) is 4.42. The number of carbonyl (C=O) groups excluding carboxylic acids is 1. The fourth-order valence-corrected chi connectivity index (χ4v) is 2.13. The van der Waals surface area contributed by atoms with Gasteiger partial charge in [-0.3, -0.25) is 4.79 Å². The van der Waals surface area contributed by atoms with Crippen LogP contribution >= 0.6 is 11.8 Å². The normalized spacial score (nSPS) is 11.2. The summed E-state index contributed by atoms with van der Waals surface area (Å²) in [5.41, 5.74) is 0.702. The van der Waals surface area contributed by atoms with E-state index in [0.717, 1.165) is 0 Å². The van der Waals surface area contributed by atoms with Gasteiger partial charge in [0.15, 0.2) is 0 Å². The Morgan fingerprint density at radius 2 is 2.12 bits per heavy atom. The minimum absolute atomic E-state index is 0.165. The molecule has 0 N–H and O–H groups in total. The lowest BCUT2D eigenvalue weighted by molar-refractivity contribution is -0.150. The van der Waals surface area contributed by atoms with Crippen LogP contribution in [0.15, 0.2) is 29.2 Å². The Labute approximate surface area is 101 Å². The van der Waals surface area contributed by atoms with Gasteiger partial charge in [0, 0.05) is 4.90 Å². The minimum Gasteiger partial charge on any atom is -0.469 e. The molecular formula is C13H18O2S. The molecule has 16 heavy (non-hydrogen) atoms. The first-order valence-corrected chi connectivity index (χ1v) is 6.43. The summed E-state index contributed by atoms with van der Waals surface area (Å²) < 4.78 is 4.80. The van der Waals surface area contributed by atoms with E-state index < -0.39 is 5.41 Å². The largest absolute Gasteiger partial charge is 0.469 e. The van der Waals surface area contributed by atoms with Crippen LogP contribution in [0, 0.1) is 5.41 Å². The molecule has 0 aliphatic rings. The summed E-state index contributed by atoms with van der Waals surface area (Å²) >= 11 is 1.71. The van der Waals surface area contributed by atoms with Gasteiger partial charge >= 0.3 is 5.97 Å². The summed E-state index contributed by atoms with van der Waals surface area (Å²) in [6.45, 7) is 3.81. The van der Waals surface area contributed by atoms with Crippen LogP contribution in [-0.2, 0) is 16.0 Å². The van der Waals surface area contributed by atoms with Gasteiger partial charge in [0.1, 0.15) is 0 Å². The summed E-state index contributed by atoms with van der Waals surface area (Å²) in [5, 5.41) is 0. The zero-order valence-electron chi connectivity index (χ0n) is 10.2. The highest BCUT2D eigenvalue weighted by Gasteiger charge is 2.28. The third-order valence-electron chi connectivity index (χ3n) is 2.52. The third kappa shape index (κ3) is 3.27. The molecule has 0 unspecified atom stereocenters. The summed E-state index contributed by atoms with van der Waals surface area (Å²) in [5.74, 6) is -0.165. The van der Waals surface area contributed by atoms with Crippen molar-refractivity contribution in [2.75, 3.05) is 13.4 Å². The zero-order valence-corrected chi connectivity index (χ0v) is 11.1. The highest BCUT2D eigenvalue weighted by Crippen LogP contribution is 2.25. The SMILES string of the molecule is COC(=O)C(C)(C)Cc1cccc(SC)c1. The van der Waals surface area contributed by atoms with E-state index in [9.17, 15) is 4.79 Å². The maximum Gasteiger partial charge on any atom is 0.311 e. The van der Waals surface area contributed by atoms with Crippen LogP contribution in [0.25, 0.3) is 0 Å². The first-order chi connectivity index (χ1) is 7.49. The van der Waals surface area contributed by atoms with E-state index in [1.165, 1.54) is 17.6 Å². The number of esters is 1. The molecule has 88 valence electrons. The van der Waals surface area contributed by atoms with Crippen molar-refractivity contribution in [2.45, 2.75) is 25.2 Å². The molecular weight excluding hydrogens is 220 g/mol. The van der Waals surface area contributed by atoms with Gasteiger partial charge in [-0.25, -0.2) is 0 Å². The number of rotatable bonds is 4. The van der Waals surface area contributed by atoms with E-state index in [4.69, 9.17) is 4.74 Å². The molecule has 1 aromatic rings. The van der Waals surface area contributed by atoms with Crippen molar-refractivity contribution in [1.29, 1.82) is 0 Å². The molecule has 0 radical (unpaired) electrons. The van der Waals surface area contributed by atoms with Gasteiger partial charge in [0.05, 0.1) is 12.5 Å². The molecule has 0 saturated heterocycles. The van der Waals surface area contributed by atoms with Gasteiger partial charge in [0.25, 0.3) is 0 Å². The number of thioether (sulfide) groups is 1. The number of ether oxygens (including phenoxy) is 1. The molecule has 0 aliphatic heterocycles. The monoisotopic (exact) mass is 238 g/mol. The lowest BCUT2D eigenvalue weighted by Crippen LogP contribution is -2.27. The zero-order chi connectivity index (χ0) is 12.2. The van der Waals surface area contributed by atoms with Gasteiger partial charge in [-0.05, 0) is 44.2 Å². The average Bonchev–Trinajstić information content (AvgIpc) is 2.27. The van der Waals surface area contributed by atoms with Gasteiger partial charge < -0.3 is 4.74 Å². The van der Waals surface area contributed by atoms with Gasteiger partial charge in [-0.15, -0.1) is 11.8 Å². The summed E-state index contributed by atoms with van der Waals surface area (Å²) in [4.78, 5) is 12.8. The van der Waals surface area contributed by atoms with Crippen LogP contribution in [-0.4, -0.2) is 19.3 Å². The quantitative estimate of drug-likeness (QED) is 0.595. The van der Waals surface area contributed by atoms with E-state index in [2.05, 4.69) is 12.1 Å². The van der Waals surface area contributed by atoms with E-state index in [1.54, 1.807) is 11.8 Å². The molecule has 0 spiro atoms. The average molecular weight is 238 g/mol. The summed E-state index contributed by atoms with van der Waals surface area (Å²) in [7, 11) is 1.43. The molecule has 0 saturated carbocycles. The Hall–Kier alpha value is -0.960. The van der Waals surface area contributed by atoms with Crippen LogP contribution < -0.4 is 0 Å². The molecule has 0 fully saturated rings. The number of hydrogen-bond acceptors (Lipinski definition) is 3. The molecule has 0 atom stereocenters. The molecule has 0 aromatic heterocycles. The second-order valence-electron chi connectivity index (χ2n) is 4.40. The molecule has 0 aliphatic carbocycles. The number of hydrogen-bond donors (Lipinski definition) is 0. The molecule has 1 rings (SSSR count). The Bertz CT molecular complexity index is 372. The second kappa shape index (κ2) is 5.39.